The van der Waals surface area contributed by atoms with Crippen molar-refractivity contribution in [2.24, 2.45) is 0 Å². The van der Waals surface area contributed by atoms with E-state index in [1.165, 1.54) is 12.8 Å². The van der Waals surface area contributed by atoms with E-state index < -0.39 is 0 Å². The largest absolute Gasteiger partial charge is 0.379 e. The van der Waals surface area contributed by atoms with Crippen LogP contribution in [0.15, 0.2) is 0 Å². The van der Waals surface area contributed by atoms with Gasteiger partial charge in [-0.15, -0.1) is 11.6 Å². The smallest absolute Gasteiger partial charge is 0.0701 e. The van der Waals surface area contributed by atoms with Crippen LogP contribution in [0.5, 0.6) is 0 Å². The Hall–Kier alpha value is 0.900. The maximum atomic E-state index is 5.59. The first-order valence-corrected chi connectivity index (χ1v) is 8.33. The van der Waals surface area contributed by atoms with Crippen LogP contribution in [0.2, 0.25) is 0 Å². The van der Waals surface area contributed by atoms with Gasteiger partial charge in [0.25, 0.3) is 0 Å². The Morgan fingerprint density at radius 2 is 1.18 bits per heavy atom. The molecule has 0 saturated carbocycles. The van der Waals surface area contributed by atoms with Crippen LogP contribution >= 0.6 is 34.2 Å². The highest BCUT2D eigenvalue weighted by Gasteiger charge is 1.92. The summed E-state index contributed by atoms with van der Waals surface area (Å²) in [7, 11) is 0. The molecular formula is C12H24ClIO3. The summed E-state index contributed by atoms with van der Waals surface area (Å²) in [6.07, 6.45) is 4.65. The highest BCUT2D eigenvalue weighted by Crippen LogP contribution is 2.00. The Bertz CT molecular complexity index is 125. The molecule has 0 spiro atoms. The van der Waals surface area contributed by atoms with Gasteiger partial charge in [-0.1, -0.05) is 35.4 Å². The molecule has 0 rings (SSSR count). The summed E-state index contributed by atoms with van der Waals surface area (Å²) in [5.74, 6) is 0.772. The van der Waals surface area contributed by atoms with Gasteiger partial charge in [-0.3, -0.25) is 0 Å². The molecular weight excluding hydrogens is 354 g/mol. The summed E-state index contributed by atoms with van der Waals surface area (Å²) in [5.41, 5.74) is 0. The van der Waals surface area contributed by atoms with E-state index in [9.17, 15) is 0 Å². The first-order chi connectivity index (χ1) is 8.41. The van der Waals surface area contributed by atoms with Crippen LogP contribution in [-0.4, -0.2) is 49.9 Å². The molecule has 0 aliphatic rings. The van der Waals surface area contributed by atoms with Gasteiger partial charge in [-0.05, 0) is 12.8 Å². The highest BCUT2D eigenvalue weighted by molar-refractivity contribution is 14.1. The van der Waals surface area contributed by atoms with Gasteiger partial charge < -0.3 is 14.2 Å². The number of hydrogen-bond donors (Lipinski definition) is 0. The molecule has 17 heavy (non-hydrogen) atoms. The molecule has 0 aliphatic heterocycles. The highest BCUT2D eigenvalue weighted by atomic mass is 127. The number of halogens is 2. The standard InChI is InChI=1S/C12H24ClIO3/c13-5-3-1-2-4-7-15-9-11-17-12-10-16-8-6-14/h1-12H2. The van der Waals surface area contributed by atoms with E-state index >= 15 is 0 Å². The molecule has 0 aliphatic carbocycles. The second-order valence-corrected chi connectivity index (χ2v) is 5.09. The lowest BCUT2D eigenvalue weighted by Crippen LogP contribution is -2.10. The Morgan fingerprint density at radius 3 is 1.76 bits per heavy atom. The van der Waals surface area contributed by atoms with E-state index in [2.05, 4.69) is 22.6 Å². The van der Waals surface area contributed by atoms with Crippen molar-refractivity contribution in [1.82, 2.24) is 0 Å². The minimum atomic E-state index is 0.662. The Morgan fingerprint density at radius 1 is 0.647 bits per heavy atom. The monoisotopic (exact) mass is 378 g/mol. The molecule has 104 valence electrons. The lowest BCUT2D eigenvalue weighted by Gasteiger charge is -2.06. The van der Waals surface area contributed by atoms with Gasteiger partial charge in [0, 0.05) is 16.9 Å². The maximum absolute atomic E-state index is 5.59. The third-order valence-corrected chi connectivity index (χ3v) is 2.85. The van der Waals surface area contributed by atoms with E-state index in [0.29, 0.717) is 26.4 Å². The molecule has 0 aromatic rings. The van der Waals surface area contributed by atoms with Crippen molar-refractivity contribution in [1.29, 1.82) is 0 Å². The summed E-state index contributed by atoms with van der Waals surface area (Å²) in [6, 6.07) is 0. The van der Waals surface area contributed by atoms with Gasteiger partial charge in [0.05, 0.1) is 33.0 Å². The minimum Gasteiger partial charge on any atom is -0.379 e. The van der Waals surface area contributed by atoms with Crippen molar-refractivity contribution in [2.45, 2.75) is 25.7 Å². The zero-order valence-corrected chi connectivity index (χ0v) is 13.4. The molecule has 5 heteroatoms. The van der Waals surface area contributed by atoms with Gasteiger partial charge in [-0.2, -0.15) is 0 Å². The number of unbranched alkanes of at least 4 members (excludes halogenated alkanes) is 3. The molecule has 0 fully saturated rings. The molecule has 0 amide bonds. The molecule has 0 unspecified atom stereocenters. The predicted octanol–water partition coefficient (Wildman–Crippen LogP) is 3.27. The van der Waals surface area contributed by atoms with Crippen molar-refractivity contribution >= 4 is 34.2 Å². The number of ether oxygens (including phenoxy) is 3. The van der Waals surface area contributed by atoms with Crippen LogP contribution in [0.3, 0.4) is 0 Å². The summed E-state index contributed by atoms with van der Waals surface area (Å²) in [6.45, 7) is 4.33. The Kier molecular flexibility index (Phi) is 17.8. The van der Waals surface area contributed by atoms with Crippen LogP contribution in [0.25, 0.3) is 0 Å². The van der Waals surface area contributed by atoms with E-state index in [4.69, 9.17) is 25.8 Å². The van der Waals surface area contributed by atoms with Crippen molar-refractivity contribution in [3.63, 3.8) is 0 Å². The summed E-state index contributed by atoms with van der Waals surface area (Å²) >= 11 is 7.88. The number of alkyl halides is 2. The molecule has 0 aromatic carbocycles. The third kappa shape index (κ3) is 16.9. The minimum absolute atomic E-state index is 0.662. The second-order valence-electron chi connectivity index (χ2n) is 3.63. The number of hydrogen-bond acceptors (Lipinski definition) is 3. The van der Waals surface area contributed by atoms with E-state index in [1.54, 1.807) is 0 Å². The molecule has 0 radical (unpaired) electrons. The van der Waals surface area contributed by atoms with Crippen LogP contribution in [0.1, 0.15) is 25.7 Å². The topological polar surface area (TPSA) is 27.7 Å². The van der Waals surface area contributed by atoms with Gasteiger partial charge in [0.15, 0.2) is 0 Å². The first kappa shape index (κ1) is 17.9. The fourth-order valence-corrected chi connectivity index (χ4v) is 1.75. The zero-order valence-electron chi connectivity index (χ0n) is 10.5. The van der Waals surface area contributed by atoms with Crippen molar-refractivity contribution in [3.05, 3.63) is 0 Å². The fourth-order valence-electron chi connectivity index (χ4n) is 1.25. The van der Waals surface area contributed by atoms with Crippen molar-refractivity contribution in [3.8, 4) is 0 Å². The molecule has 0 saturated heterocycles. The average Bonchev–Trinajstić information content (AvgIpc) is 2.35. The second kappa shape index (κ2) is 16.9. The molecule has 0 aromatic heterocycles. The van der Waals surface area contributed by atoms with Gasteiger partial charge >= 0.3 is 0 Å². The summed E-state index contributed by atoms with van der Waals surface area (Å²) < 4.78 is 17.1. The van der Waals surface area contributed by atoms with Crippen LogP contribution in [-0.2, 0) is 14.2 Å². The Labute approximate surface area is 124 Å². The number of rotatable bonds is 14. The summed E-state index contributed by atoms with van der Waals surface area (Å²) in [5, 5.41) is 0. The van der Waals surface area contributed by atoms with E-state index in [-0.39, 0.29) is 0 Å². The fraction of sp³-hybridized carbons (Fsp3) is 1.00. The average molecular weight is 379 g/mol. The quantitative estimate of drug-likeness (QED) is 0.264. The lowest BCUT2D eigenvalue weighted by molar-refractivity contribution is 0.0169. The maximum Gasteiger partial charge on any atom is 0.0701 e. The SMILES string of the molecule is ClCCCCCCOCCOCCOCCI. The van der Waals surface area contributed by atoms with Crippen LogP contribution < -0.4 is 0 Å². The predicted molar refractivity (Wildman–Crippen MR) is 80.5 cm³/mol. The Balaban J connectivity index is 2.85. The molecule has 0 N–H and O–H groups in total. The van der Waals surface area contributed by atoms with Crippen LogP contribution in [0.4, 0.5) is 0 Å². The lowest BCUT2D eigenvalue weighted by atomic mass is 10.2. The molecule has 0 bridgehead atoms. The first-order valence-electron chi connectivity index (χ1n) is 6.27. The zero-order chi connectivity index (χ0) is 12.6. The molecule has 0 atom stereocenters. The van der Waals surface area contributed by atoms with E-state index in [0.717, 1.165) is 36.4 Å². The normalized spacial score (nSPS) is 10.9. The van der Waals surface area contributed by atoms with Crippen LogP contribution in [0, 0.1) is 0 Å². The molecule has 3 nitrogen and oxygen atoms in total. The third-order valence-electron chi connectivity index (χ3n) is 2.14. The van der Waals surface area contributed by atoms with Crippen molar-refractivity contribution in [2.75, 3.05) is 49.9 Å². The van der Waals surface area contributed by atoms with Gasteiger partial charge in [0.2, 0.25) is 0 Å². The van der Waals surface area contributed by atoms with Gasteiger partial charge in [0.1, 0.15) is 0 Å². The molecule has 0 heterocycles. The van der Waals surface area contributed by atoms with E-state index in [1.807, 2.05) is 0 Å². The van der Waals surface area contributed by atoms with Gasteiger partial charge in [-0.25, -0.2) is 0 Å². The van der Waals surface area contributed by atoms with Crippen molar-refractivity contribution < 1.29 is 14.2 Å². The summed E-state index contributed by atoms with van der Waals surface area (Å²) in [4.78, 5) is 0.